The fraction of sp³-hybridized carbons (Fsp3) is 0.688. The molecule has 3 atom stereocenters. The Balaban J connectivity index is 2.27. The molecule has 3 nitrogen and oxygen atoms in total. The molecule has 106 valence electrons. The second-order valence-electron chi connectivity index (χ2n) is 6.20. The van der Waals surface area contributed by atoms with Gasteiger partial charge in [-0.05, 0) is 44.9 Å². The van der Waals surface area contributed by atoms with Gasteiger partial charge in [0.25, 0.3) is 0 Å². The Morgan fingerprint density at radius 2 is 2.21 bits per heavy atom. The molecular weight excluding hydrogens is 240 g/mol. The van der Waals surface area contributed by atoms with Crippen LogP contribution in [0.1, 0.15) is 46.0 Å². The molecule has 1 fully saturated rings. The van der Waals surface area contributed by atoms with E-state index in [2.05, 4.69) is 20.4 Å². The Morgan fingerprint density at radius 1 is 1.53 bits per heavy atom. The molecule has 1 saturated carbocycles. The largest absolute Gasteiger partial charge is 0.466 e. The summed E-state index contributed by atoms with van der Waals surface area (Å²) in [5.74, 6) is -0.339. The Bertz CT molecular complexity index is 435. The summed E-state index contributed by atoms with van der Waals surface area (Å²) in [6.45, 7) is 8.18. The minimum absolute atomic E-state index is 0.0126. The Kier molecular flexibility index (Phi) is 3.86. The third-order valence-corrected chi connectivity index (χ3v) is 5.09. The molecule has 0 bridgehead atoms. The number of aliphatic hydroxyl groups excluding tert-OH is 1. The molecule has 0 aliphatic heterocycles. The molecule has 1 N–H and O–H groups in total. The van der Waals surface area contributed by atoms with Crippen molar-refractivity contribution < 1.29 is 14.6 Å². The monoisotopic (exact) mass is 264 g/mol. The van der Waals surface area contributed by atoms with E-state index < -0.39 is 6.10 Å². The van der Waals surface area contributed by atoms with Crippen LogP contribution in [-0.2, 0) is 9.53 Å². The van der Waals surface area contributed by atoms with Crippen LogP contribution in [0.3, 0.4) is 0 Å². The maximum absolute atomic E-state index is 11.6. The number of hydrogen-bond donors (Lipinski definition) is 1. The van der Waals surface area contributed by atoms with E-state index in [1.807, 2.05) is 0 Å². The normalized spacial score (nSPS) is 34.7. The summed E-state index contributed by atoms with van der Waals surface area (Å²) >= 11 is 0. The maximum Gasteiger partial charge on any atom is 0.333 e. The van der Waals surface area contributed by atoms with Gasteiger partial charge in [-0.3, -0.25) is 0 Å². The van der Waals surface area contributed by atoms with Gasteiger partial charge in [0.2, 0.25) is 0 Å². The first kappa shape index (κ1) is 14.3. The van der Waals surface area contributed by atoms with Gasteiger partial charge in [-0.25, -0.2) is 4.79 Å². The fourth-order valence-electron chi connectivity index (χ4n) is 3.71. The first-order chi connectivity index (χ1) is 8.90. The van der Waals surface area contributed by atoms with Crippen LogP contribution in [0.25, 0.3) is 0 Å². The van der Waals surface area contributed by atoms with Crippen molar-refractivity contribution in [2.24, 2.45) is 11.3 Å². The standard InChI is InChI=1S/C16H24O3/c1-10-6-5-7-16(3)13(10)8-12(9-14(16)17)11(2)15(18)19-4/h12,14,17H,2,5-9H2,1,3-4H3/t12-,14-,16-/m0/s1. The lowest BCUT2D eigenvalue weighted by atomic mass is 9.59. The first-order valence-electron chi connectivity index (χ1n) is 7.04. The van der Waals surface area contributed by atoms with Crippen molar-refractivity contribution in [2.45, 2.75) is 52.1 Å². The smallest absolute Gasteiger partial charge is 0.333 e. The molecule has 2 aliphatic rings. The van der Waals surface area contributed by atoms with E-state index in [0.717, 1.165) is 25.7 Å². The van der Waals surface area contributed by atoms with Crippen molar-refractivity contribution >= 4 is 5.97 Å². The summed E-state index contributed by atoms with van der Waals surface area (Å²) in [5.41, 5.74) is 3.12. The van der Waals surface area contributed by atoms with E-state index in [1.54, 1.807) is 0 Å². The molecule has 0 aromatic carbocycles. The van der Waals surface area contributed by atoms with E-state index >= 15 is 0 Å². The second-order valence-corrected chi connectivity index (χ2v) is 6.20. The summed E-state index contributed by atoms with van der Waals surface area (Å²) in [5, 5.41) is 10.5. The number of methoxy groups -OCH3 is 1. The predicted octanol–water partition coefficient (Wildman–Crippen LogP) is 2.99. The molecular formula is C16H24O3. The van der Waals surface area contributed by atoms with E-state index in [1.165, 1.54) is 18.3 Å². The number of ether oxygens (including phenoxy) is 1. The third-order valence-electron chi connectivity index (χ3n) is 5.09. The minimum atomic E-state index is -0.391. The van der Waals surface area contributed by atoms with E-state index in [-0.39, 0.29) is 17.3 Å². The van der Waals surface area contributed by atoms with Gasteiger partial charge in [-0.1, -0.05) is 24.6 Å². The maximum atomic E-state index is 11.6. The minimum Gasteiger partial charge on any atom is -0.466 e. The van der Waals surface area contributed by atoms with Crippen molar-refractivity contribution in [2.75, 3.05) is 7.11 Å². The zero-order valence-corrected chi connectivity index (χ0v) is 12.2. The lowest BCUT2D eigenvalue weighted by Crippen LogP contribution is -2.43. The molecule has 0 aromatic heterocycles. The molecule has 2 rings (SSSR count). The van der Waals surface area contributed by atoms with Crippen LogP contribution in [0.15, 0.2) is 23.3 Å². The van der Waals surface area contributed by atoms with Gasteiger partial charge in [0, 0.05) is 11.0 Å². The number of fused-ring (bicyclic) bond motifs is 1. The topological polar surface area (TPSA) is 46.5 Å². The zero-order valence-electron chi connectivity index (χ0n) is 12.2. The van der Waals surface area contributed by atoms with Gasteiger partial charge in [0.1, 0.15) is 0 Å². The molecule has 3 heteroatoms. The number of carbonyl (C=O) groups is 1. The summed E-state index contributed by atoms with van der Waals surface area (Å²) in [6.07, 6.45) is 4.35. The number of aliphatic hydroxyl groups is 1. The molecule has 19 heavy (non-hydrogen) atoms. The average molecular weight is 264 g/mol. The predicted molar refractivity (Wildman–Crippen MR) is 74.5 cm³/mol. The summed E-state index contributed by atoms with van der Waals surface area (Å²) in [6, 6.07) is 0. The summed E-state index contributed by atoms with van der Waals surface area (Å²) < 4.78 is 4.75. The van der Waals surface area contributed by atoms with Gasteiger partial charge in [-0.2, -0.15) is 0 Å². The zero-order chi connectivity index (χ0) is 14.2. The average Bonchev–Trinajstić information content (AvgIpc) is 2.39. The van der Waals surface area contributed by atoms with Crippen molar-refractivity contribution in [1.82, 2.24) is 0 Å². The molecule has 0 unspecified atom stereocenters. The first-order valence-corrected chi connectivity index (χ1v) is 7.04. The lowest BCUT2D eigenvalue weighted by molar-refractivity contribution is -0.137. The van der Waals surface area contributed by atoms with E-state index in [0.29, 0.717) is 12.0 Å². The van der Waals surface area contributed by atoms with Crippen LogP contribution in [0.5, 0.6) is 0 Å². The highest BCUT2D eigenvalue weighted by molar-refractivity contribution is 5.88. The molecule has 0 aromatic rings. The Labute approximate surface area is 115 Å². The highest BCUT2D eigenvalue weighted by Crippen LogP contribution is 2.52. The van der Waals surface area contributed by atoms with Crippen molar-refractivity contribution in [3.05, 3.63) is 23.3 Å². The van der Waals surface area contributed by atoms with Crippen LogP contribution in [-0.4, -0.2) is 24.3 Å². The lowest BCUT2D eigenvalue weighted by Gasteiger charge is -2.47. The van der Waals surface area contributed by atoms with Crippen LogP contribution < -0.4 is 0 Å². The third kappa shape index (κ3) is 2.36. The van der Waals surface area contributed by atoms with Gasteiger partial charge in [0.15, 0.2) is 0 Å². The number of allylic oxidation sites excluding steroid dienone is 1. The molecule has 0 saturated heterocycles. The molecule has 0 radical (unpaired) electrons. The number of rotatable bonds is 2. The van der Waals surface area contributed by atoms with E-state index in [9.17, 15) is 9.90 Å². The summed E-state index contributed by atoms with van der Waals surface area (Å²) in [4.78, 5) is 11.6. The Hall–Kier alpha value is -1.09. The van der Waals surface area contributed by atoms with E-state index in [4.69, 9.17) is 4.74 Å². The quantitative estimate of drug-likeness (QED) is 0.474. The van der Waals surface area contributed by atoms with Crippen LogP contribution in [0.2, 0.25) is 0 Å². The molecule has 0 heterocycles. The van der Waals surface area contributed by atoms with Crippen molar-refractivity contribution in [1.29, 1.82) is 0 Å². The Morgan fingerprint density at radius 3 is 2.84 bits per heavy atom. The molecule has 2 aliphatic carbocycles. The van der Waals surface area contributed by atoms with Crippen molar-refractivity contribution in [3.63, 3.8) is 0 Å². The van der Waals surface area contributed by atoms with Crippen molar-refractivity contribution in [3.8, 4) is 0 Å². The number of carbonyl (C=O) groups excluding carboxylic acids is 1. The van der Waals surface area contributed by atoms with Gasteiger partial charge in [0.05, 0.1) is 13.2 Å². The van der Waals surface area contributed by atoms with Gasteiger partial charge >= 0.3 is 5.97 Å². The van der Waals surface area contributed by atoms with Crippen LogP contribution in [0.4, 0.5) is 0 Å². The second kappa shape index (κ2) is 5.12. The molecule has 0 spiro atoms. The van der Waals surface area contributed by atoms with Crippen LogP contribution >= 0.6 is 0 Å². The van der Waals surface area contributed by atoms with Gasteiger partial charge in [-0.15, -0.1) is 0 Å². The SMILES string of the molecule is C=C(C(=O)OC)[C@H]1CC2=C(C)CCC[C@]2(C)[C@@H](O)C1. The fourth-order valence-corrected chi connectivity index (χ4v) is 3.71. The highest BCUT2D eigenvalue weighted by atomic mass is 16.5. The molecule has 0 amide bonds. The summed E-state index contributed by atoms with van der Waals surface area (Å²) in [7, 11) is 1.38. The number of hydrogen-bond acceptors (Lipinski definition) is 3. The van der Waals surface area contributed by atoms with Gasteiger partial charge < -0.3 is 9.84 Å². The van der Waals surface area contributed by atoms with Crippen LogP contribution in [0, 0.1) is 11.3 Å². The number of esters is 1. The highest BCUT2D eigenvalue weighted by Gasteiger charge is 2.45.